The molecule has 2 rings (SSSR count). The Kier molecular flexibility index (Phi) is 8.10. The van der Waals surface area contributed by atoms with Gasteiger partial charge >= 0.3 is 5.97 Å². The number of rotatable bonds is 9. The lowest BCUT2D eigenvalue weighted by Gasteiger charge is -2.16. The Morgan fingerprint density at radius 1 is 1.07 bits per heavy atom. The first-order valence-corrected chi connectivity index (χ1v) is 10.8. The fourth-order valence-corrected chi connectivity index (χ4v) is 4.02. The van der Waals surface area contributed by atoms with Crippen LogP contribution < -0.4 is 4.72 Å². The summed E-state index contributed by atoms with van der Waals surface area (Å²) in [6.07, 6.45) is 0.384. The smallest absolute Gasteiger partial charge is 0.310 e. The highest BCUT2D eigenvalue weighted by Crippen LogP contribution is 2.23. The summed E-state index contributed by atoms with van der Waals surface area (Å²) in [5.74, 6) is -1.31. The third-order valence-corrected chi connectivity index (χ3v) is 5.89. The van der Waals surface area contributed by atoms with Crippen LogP contribution in [0.4, 0.5) is 0 Å². The second-order valence-electron chi connectivity index (χ2n) is 5.99. The Morgan fingerprint density at radius 2 is 1.78 bits per heavy atom. The third kappa shape index (κ3) is 7.14. The van der Waals surface area contributed by atoms with Gasteiger partial charge in [0.25, 0.3) is 0 Å². The van der Waals surface area contributed by atoms with Crippen molar-refractivity contribution in [3.05, 3.63) is 69.7 Å². The van der Waals surface area contributed by atoms with Crippen molar-refractivity contribution in [3.63, 3.8) is 0 Å². The number of ether oxygens (including phenoxy) is 1. The zero-order valence-corrected chi connectivity index (χ0v) is 17.2. The highest BCUT2D eigenvalue weighted by Gasteiger charge is 2.23. The number of carbonyl (C=O) groups is 1. The zero-order valence-electron chi connectivity index (χ0n) is 14.8. The minimum atomic E-state index is -3.66. The Balaban J connectivity index is 2.05. The van der Waals surface area contributed by atoms with Crippen LogP contribution in [-0.2, 0) is 31.7 Å². The molecule has 0 bridgehead atoms. The number of benzene rings is 2. The molecule has 2 aromatic rings. The Morgan fingerprint density at radius 3 is 2.41 bits per heavy atom. The van der Waals surface area contributed by atoms with Gasteiger partial charge in [-0.15, -0.1) is 0 Å². The lowest BCUT2D eigenvalue weighted by molar-refractivity contribution is -0.147. The van der Waals surface area contributed by atoms with E-state index in [1.807, 2.05) is 30.3 Å². The molecule has 0 saturated carbocycles. The highest BCUT2D eigenvalue weighted by molar-refractivity contribution is 7.88. The molecule has 0 spiro atoms. The molecule has 1 N–H and O–H groups in total. The summed E-state index contributed by atoms with van der Waals surface area (Å²) in [5.41, 5.74) is 1.44. The largest absolute Gasteiger partial charge is 0.466 e. The van der Waals surface area contributed by atoms with Crippen LogP contribution in [0.25, 0.3) is 0 Å². The summed E-state index contributed by atoms with van der Waals surface area (Å²) in [7, 11) is -3.66. The van der Waals surface area contributed by atoms with E-state index in [0.29, 0.717) is 17.0 Å². The van der Waals surface area contributed by atoms with E-state index in [2.05, 4.69) is 4.72 Å². The first kappa shape index (κ1) is 21.7. The maximum Gasteiger partial charge on any atom is 0.310 e. The van der Waals surface area contributed by atoms with E-state index in [9.17, 15) is 13.2 Å². The van der Waals surface area contributed by atoms with Crippen LogP contribution in [0.2, 0.25) is 10.0 Å². The van der Waals surface area contributed by atoms with Crippen LogP contribution in [0.1, 0.15) is 18.1 Å². The van der Waals surface area contributed by atoms with E-state index in [1.54, 1.807) is 19.1 Å². The van der Waals surface area contributed by atoms with Crippen molar-refractivity contribution >= 4 is 39.2 Å². The van der Waals surface area contributed by atoms with Crippen molar-refractivity contribution in [2.24, 2.45) is 5.92 Å². The molecular formula is C19H21Cl2NO4S. The van der Waals surface area contributed by atoms with E-state index in [4.69, 9.17) is 27.9 Å². The Labute approximate surface area is 169 Å². The fraction of sp³-hybridized carbons (Fsp3) is 0.316. The quantitative estimate of drug-likeness (QED) is 0.614. The molecule has 0 heterocycles. The molecule has 8 heteroatoms. The van der Waals surface area contributed by atoms with Crippen molar-refractivity contribution in [3.8, 4) is 0 Å². The maximum atomic E-state index is 12.4. The van der Waals surface area contributed by atoms with Gasteiger partial charge in [-0.25, -0.2) is 13.1 Å². The molecule has 0 radical (unpaired) electrons. The van der Waals surface area contributed by atoms with Gasteiger partial charge in [-0.2, -0.15) is 0 Å². The van der Waals surface area contributed by atoms with E-state index < -0.39 is 21.9 Å². The van der Waals surface area contributed by atoms with Gasteiger partial charge in [-0.1, -0.05) is 59.6 Å². The normalized spacial score (nSPS) is 12.6. The first-order chi connectivity index (χ1) is 12.8. The van der Waals surface area contributed by atoms with E-state index in [1.165, 1.54) is 6.07 Å². The van der Waals surface area contributed by atoms with Gasteiger partial charge in [-0.05, 0) is 36.6 Å². The zero-order chi connectivity index (χ0) is 19.9. The molecule has 146 valence electrons. The minimum Gasteiger partial charge on any atom is -0.466 e. The van der Waals surface area contributed by atoms with Crippen molar-refractivity contribution in [1.82, 2.24) is 4.72 Å². The topological polar surface area (TPSA) is 72.5 Å². The van der Waals surface area contributed by atoms with Gasteiger partial charge in [0.15, 0.2) is 0 Å². The van der Waals surface area contributed by atoms with Crippen molar-refractivity contribution < 1.29 is 17.9 Å². The molecule has 1 atom stereocenters. The highest BCUT2D eigenvalue weighted by atomic mass is 35.5. The van der Waals surface area contributed by atoms with Gasteiger partial charge in [0.1, 0.15) is 0 Å². The van der Waals surface area contributed by atoms with Crippen LogP contribution in [-0.4, -0.2) is 27.5 Å². The van der Waals surface area contributed by atoms with Crippen LogP contribution in [0.5, 0.6) is 0 Å². The molecule has 0 aromatic heterocycles. The van der Waals surface area contributed by atoms with Crippen LogP contribution >= 0.6 is 23.2 Å². The third-order valence-electron chi connectivity index (χ3n) is 3.84. The van der Waals surface area contributed by atoms with Crippen molar-refractivity contribution in [2.75, 3.05) is 13.2 Å². The predicted octanol–water partition coefficient (Wildman–Crippen LogP) is 3.83. The Hall–Kier alpha value is -1.60. The molecular weight excluding hydrogens is 409 g/mol. The molecule has 0 saturated heterocycles. The van der Waals surface area contributed by atoms with Crippen molar-refractivity contribution in [2.45, 2.75) is 19.1 Å². The summed E-state index contributed by atoms with van der Waals surface area (Å²) in [4.78, 5) is 12.2. The number of halogens is 2. The predicted molar refractivity (Wildman–Crippen MR) is 107 cm³/mol. The summed E-state index contributed by atoms with van der Waals surface area (Å²) in [6.45, 7) is 1.91. The van der Waals surface area contributed by atoms with E-state index in [-0.39, 0.29) is 23.9 Å². The average Bonchev–Trinajstić information content (AvgIpc) is 2.62. The van der Waals surface area contributed by atoms with E-state index >= 15 is 0 Å². The second-order valence-corrected chi connectivity index (χ2v) is 8.62. The second kappa shape index (κ2) is 10.1. The number of carbonyl (C=O) groups excluding carboxylic acids is 1. The minimum absolute atomic E-state index is 0.0443. The van der Waals surface area contributed by atoms with Gasteiger partial charge in [0, 0.05) is 6.54 Å². The number of esters is 1. The maximum absolute atomic E-state index is 12.4. The van der Waals surface area contributed by atoms with Gasteiger partial charge < -0.3 is 4.74 Å². The van der Waals surface area contributed by atoms with Crippen LogP contribution in [0.3, 0.4) is 0 Å². The van der Waals surface area contributed by atoms with Crippen LogP contribution in [0, 0.1) is 5.92 Å². The number of hydrogen-bond donors (Lipinski definition) is 1. The van der Waals surface area contributed by atoms with Gasteiger partial charge in [-0.3, -0.25) is 4.79 Å². The lowest BCUT2D eigenvalue weighted by Crippen LogP contribution is -2.35. The number of nitrogens with one attached hydrogen (secondary N) is 1. The summed E-state index contributed by atoms with van der Waals surface area (Å²) < 4.78 is 32.4. The van der Waals surface area contributed by atoms with Gasteiger partial charge in [0.2, 0.25) is 10.0 Å². The molecule has 2 aromatic carbocycles. The molecule has 5 nitrogen and oxygen atoms in total. The molecule has 0 fully saturated rings. The lowest BCUT2D eigenvalue weighted by atomic mass is 10.00. The molecule has 0 aliphatic rings. The molecule has 1 unspecified atom stereocenters. The SMILES string of the molecule is CCOC(=O)C(CNS(=O)(=O)Cc1ccc(Cl)c(Cl)c1)Cc1ccccc1. The number of sulfonamides is 1. The summed E-state index contributed by atoms with van der Waals surface area (Å²) in [6, 6.07) is 14.0. The molecule has 0 amide bonds. The fourth-order valence-electron chi connectivity index (χ4n) is 2.52. The Bertz CT molecular complexity index is 873. The summed E-state index contributed by atoms with van der Waals surface area (Å²) in [5, 5.41) is 0.647. The first-order valence-electron chi connectivity index (χ1n) is 8.42. The number of hydrogen-bond acceptors (Lipinski definition) is 4. The van der Waals surface area contributed by atoms with Gasteiger partial charge in [0.05, 0.1) is 28.3 Å². The van der Waals surface area contributed by atoms with Crippen LogP contribution in [0.15, 0.2) is 48.5 Å². The monoisotopic (exact) mass is 429 g/mol. The van der Waals surface area contributed by atoms with E-state index in [0.717, 1.165) is 5.56 Å². The van der Waals surface area contributed by atoms with Crippen molar-refractivity contribution in [1.29, 1.82) is 0 Å². The average molecular weight is 430 g/mol. The molecule has 0 aliphatic carbocycles. The molecule has 27 heavy (non-hydrogen) atoms. The summed E-state index contributed by atoms with van der Waals surface area (Å²) >= 11 is 11.8. The standard InChI is InChI=1S/C19H21Cl2NO4S/c1-2-26-19(23)16(10-14-6-4-3-5-7-14)12-22-27(24,25)13-15-8-9-17(20)18(21)11-15/h3-9,11,16,22H,2,10,12-13H2,1H3. The molecule has 0 aliphatic heterocycles.